The Labute approximate surface area is 429 Å². The fourth-order valence-corrected chi connectivity index (χ4v) is 10.9. The molecule has 21 nitrogen and oxygen atoms in total. The number of amides is 4. The van der Waals surface area contributed by atoms with Crippen molar-refractivity contribution < 1.29 is 64.4 Å². The van der Waals surface area contributed by atoms with Crippen LogP contribution in [-0.4, -0.2) is 160 Å². The molecule has 8 heterocycles. The van der Waals surface area contributed by atoms with Crippen molar-refractivity contribution in [3.63, 3.8) is 0 Å². The highest BCUT2D eigenvalue weighted by molar-refractivity contribution is 7.87. The molecule has 0 radical (unpaired) electrons. The number of H-pyrrole nitrogens is 1. The number of carbonyl (C=O) groups excluding carboxylic acids is 2. The summed E-state index contributed by atoms with van der Waals surface area (Å²) in [6.07, 6.45) is 3.04. The minimum atomic E-state index is -4.00. The van der Waals surface area contributed by atoms with Gasteiger partial charge in [-0.25, -0.2) is 41.1 Å². The standard InChI is InChI=1S/C26H32F2N6O6S.C23H25F2N5O4/c1-6-32-23-16(14-33(26(32)35)24-21(27)19(38-4)12-20(39-5)22(24)28)13-29-25-18(23)11-17(15-31-7-9-40-10-8-31)34(25)41(36,37)30(2)3;1-3-29-20-13(10-26-22-15(20)8-14(27-22)12-28-4-6-34-7-5-28)11-30(23(29)32)21-18(24)16(31)9-17(33-2)19(21)25/h11-13H,6-10,14-15H2,1-5H3;8-10,31H,3-7,11-12H2,1-2H3,(H,26,27). The smallest absolute Gasteiger partial charge is 0.329 e. The summed E-state index contributed by atoms with van der Waals surface area (Å²) < 4.78 is 116. The van der Waals surface area contributed by atoms with Crippen LogP contribution in [0.4, 0.5) is 49.9 Å². The number of phenols is 1. The molecular weight excluding hydrogens is 1010 g/mol. The number of phenolic OH excluding ortho intramolecular Hbond substituents is 1. The predicted molar refractivity (Wildman–Crippen MR) is 269 cm³/mol. The third kappa shape index (κ3) is 9.47. The average molecular weight is 1070 g/mol. The minimum absolute atomic E-state index is 0.113. The molecule has 4 aliphatic rings. The van der Waals surface area contributed by atoms with Gasteiger partial charge in [0, 0.05) is 119 Å². The molecular formula is C49H57F4N11O10S. The van der Waals surface area contributed by atoms with E-state index in [9.17, 15) is 27.5 Å². The summed E-state index contributed by atoms with van der Waals surface area (Å²) in [6, 6.07) is 4.31. The van der Waals surface area contributed by atoms with Gasteiger partial charge in [0.05, 0.1) is 77.9 Å². The highest BCUT2D eigenvalue weighted by atomic mass is 32.2. The Morgan fingerprint density at radius 3 is 1.65 bits per heavy atom. The van der Waals surface area contributed by atoms with Crippen LogP contribution in [0.15, 0.2) is 36.7 Å². The first-order valence-corrected chi connectivity index (χ1v) is 25.4. The number of nitrogens with one attached hydrogen (secondary N) is 1. The molecule has 402 valence electrons. The molecule has 2 fully saturated rings. The normalized spacial score (nSPS) is 16.7. The number of fused-ring (bicyclic) bond motifs is 6. The molecule has 4 aromatic heterocycles. The van der Waals surface area contributed by atoms with Crippen molar-refractivity contribution in [2.45, 2.75) is 40.0 Å². The van der Waals surface area contributed by atoms with Crippen LogP contribution in [0, 0.1) is 23.3 Å². The van der Waals surface area contributed by atoms with E-state index in [1.54, 1.807) is 26.1 Å². The second-order valence-corrected chi connectivity index (χ2v) is 20.1. The SMILES string of the molecule is CCN1C(=O)N(c2c(F)c(O)cc(OC)c2F)Cc2cnc3[nH]c(CN4CCOCC4)cc3c21.CCN1C(=O)N(c2c(F)c(OC)cc(OC)c2F)Cc2cnc3c(cc(CN4CCOCC4)n3S(=O)(=O)N(C)C)c21. The van der Waals surface area contributed by atoms with Crippen LogP contribution in [0.5, 0.6) is 23.0 Å². The van der Waals surface area contributed by atoms with E-state index in [2.05, 4.69) is 24.8 Å². The van der Waals surface area contributed by atoms with Crippen LogP contribution >= 0.6 is 0 Å². The van der Waals surface area contributed by atoms with Crippen molar-refractivity contribution >= 4 is 67.1 Å². The number of hydrogen-bond acceptors (Lipinski definition) is 14. The number of benzene rings is 2. The van der Waals surface area contributed by atoms with Gasteiger partial charge in [-0.2, -0.15) is 12.7 Å². The van der Waals surface area contributed by atoms with Crippen LogP contribution in [-0.2, 0) is 45.9 Å². The first-order chi connectivity index (χ1) is 36.0. The van der Waals surface area contributed by atoms with Crippen molar-refractivity contribution in [3.8, 4) is 23.0 Å². The molecule has 0 spiro atoms. The molecule has 10 rings (SSSR count). The number of aromatic amines is 1. The van der Waals surface area contributed by atoms with Gasteiger partial charge >= 0.3 is 22.3 Å². The molecule has 75 heavy (non-hydrogen) atoms. The van der Waals surface area contributed by atoms with E-state index in [0.717, 1.165) is 50.4 Å². The van der Waals surface area contributed by atoms with Gasteiger partial charge in [0.15, 0.2) is 51.9 Å². The van der Waals surface area contributed by atoms with E-state index < -0.39 is 62.7 Å². The molecule has 6 aromatic rings. The van der Waals surface area contributed by atoms with E-state index in [1.807, 2.05) is 6.07 Å². The highest BCUT2D eigenvalue weighted by Gasteiger charge is 2.40. The van der Waals surface area contributed by atoms with Gasteiger partial charge in [-0.1, -0.05) is 0 Å². The number of rotatable bonds is 13. The second-order valence-electron chi connectivity index (χ2n) is 18.1. The van der Waals surface area contributed by atoms with E-state index >= 15 is 13.2 Å². The van der Waals surface area contributed by atoms with Crippen molar-refractivity contribution in [2.75, 3.05) is 121 Å². The van der Waals surface area contributed by atoms with Gasteiger partial charge in [-0.15, -0.1) is 0 Å². The number of morpholine rings is 2. The largest absolute Gasteiger partial charge is 0.505 e. The van der Waals surface area contributed by atoms with Gasteiger partial charge in [0.1, 0.15) is 17.0 Å². The van der Waals surface area contributed by atoms with Gasteiger partial charge in [-0.05, 0) is 26.0 Å². The van der Waals surface area contributed by atoms with Gasteiger partial charge < -0.3 is 33.8 Å². The zero-order chi connectivity index (χ0) is 53.6. The first-order valence-electron chi connectivity index (χ1n) is 24.0. The van der Waals surface area contributed by atoms with Crippen molar-refractivity contribution in [1.82, 2.24) is 33.0 Å². The number of urea groups is 2. The summed E-state index contributed by atoms with van der Waals surface area (Å²) >= 11 is 0. The number of carbonyl (C=O) groups is 2. The first kappa shape index (κ1) is 52.9. The van der Waals surface area contributed by atoms with E-state index in [1.165, 1.54) is 55.4 Å². The van der Waals surface area contributed by atoms with Crippen molar-refractivity contribution in [2.24, 2.45) is 0 Å². The average Bonchev–Trinajstić information content (AvgIpc) is 4.00. The maximum atomic E-state index is 15.4. The molecule has 4 amide bonds. The van der Waals surface area contributed by atoms with Crippen LogP contribution in [0.2, 0.25) is 0 Å². The summed E-state index contributed by atoms with van der Waals surface area (Å²) in [7, 11) is 2.53. The number of aromatic hydroxyl groups is 1. The number of nitrogens with zero attached hydrogens (tertiary/aromatic N) is 10. The second kappa shape index (κ2) is 21.3. The van der Waals surface area contributed by atoms with Crippen LogP contribution in [0.3, 0.4) is 0 Å². The molecule has 0 unspecified atom stereocenters. The topological polar surface area (TPSA) is 204 Å². The number of anilines is 4. The molecule has 0 saturated carbocycles. The molecule has 0 aliphatic carbocycles. The molecule has 2 saturated heterocycles. The van der Waals surface area contributed by atoms with Crippen LogP contribution < -0.4 is 33.8 Å². The van der Waals surface area contributed by atoms with E-state index in [4.69, 9.17) is 23.7 Å². The summed E-state index contributed by atoms with van der Waals surface area (Å²) in [5.41, 5.74) is 3.15. The molecule has 0 atom stereocenters. The maximum Gasteiger partial charge on any atom is 0.329 e. The Morgan fingerprint density at radius 2 is 1.15 bits per heavy atom. The molecule has 0 bridgehead atoms. The van der Waals surface area contributed by atoms with Crippen LogP contribution in [0.25, 0.3) is 22.1 Å². The quantitative estimate of drug-likeness (QED) is 0.125. The number of halogens is 4. The van der Waals surface area contributed by atoms with Gasteiger partial charge in [-0.3, -0.25) is 29.4 Å². The Hall–Kier alpha value is -6.97. The van der Waals surface area contributed by atoms with E-state index in [-0.39, 0.29) is 49.1 Å². The maximum absolute atomic E-state index is 15.4. The Balaban J connectivity index is 0.000000187. The summed E-state index contributed by atoms with van der Waals surface area (Å²) in [5, 5.41) is 11.2. The number of methoxy groups -OCH3 is 3. The number of ether oxygens (including phenoxy) is 5. The van der Waals surface area contributed by atoms with Crippen molar-refractivity contribution in [3.05, 3.63) is 82.4 Å². The molecule has 2 N–H and O–H groups in total. The fourth-order valence-electron chi connectivity index (χ4n) is 9.81. The lowest BCUT2D eigenvalue weighted by atomic mass is 10.1. The van der Waals surface area contributed by atoms with Gasteiger partial charge in [0.2, 0.25) is 0 Å². The lowest BCUT2D eigenvalue weighted by Crippen LogP contribution is -2.48. The lowest BCUT2D eigenvalue weighted by Gasteiger charge is -2.37. The Bertz CT molecular complexity index is 3260. The van der Waals surface area contributed by atoms with Gasteiger partial charge in [0.25, 0.3) is 0 Å². The monoisotopic (exact) mass is 1070 g/mol. The molecule has 26 heteroatoms. The highest BCUT2D eigenvalue weighted by Crippen LogP contribution is 2.45. The van der Waals surface area contributed by atoms with Crippen LogP contribution in [0.1, 0.15) is 36.4 Å². The predicted octanol–water partition coefficient (Wildman–Crippen LogP) is 6.14. The number of aromatic nitrogens is 4. The fraction of sp³-hybridized carbons (Fsp3) is 0.429. The lowest BCUT2D eigenvalue weighted by molar-refractivity contribution is 0.0335. The third-order valence-corrected chi connectivity index (χ3v) is 15.3. The zero-order valence-electron chi connectivity index (χ0n) is 42.4. The molecule has 2 aromatic carbocycles. The molecule has 4 aliphatic heterocycles. The Kier molecular flexibility index (Phi) is 15.0. The number of pyridine rings is 2. The zero-order valence-corrected chi connectivity index (χ0v) is 43.2. The third-order valence-electron chi connectivity index (χ3n) is 13.5. The summed E-state index contributed by atoms with van der Waals surface area (Å²) in [4.78, 5) is 48.7. The van der Waals surface area contributed by atoms with E-state index in [0.29, 0.717) is 91.8 Å². The summed E-state index contributed by atoms with van der Waals surface area (Å²) in [6.45, 7) is 9.95. The Morgan fingerprint density at radius 1 is 0.667 bits per heavy atom. The van der Waals surface area contributed by atoms with Crippen molar-refractivity contribution in [1.29, 1.82) is 0 Å². The number of hydrogen-bond donors (Lipinski definition) is 2. The summed E-state index contributed by atoms with van der Waals surface area (Å²) in [5.74, 6) is -6.13. The minimum Gasteiger partial charge on any atom is -0.505 e.